The number of benzene rings is 1. The van der Waals surface area contributed by atoms with Crippen molar-refractivity contribution < 1.29 is 22.7 Å². The number of halogens is 3. The van der Waals surface area contributed by atoms with Gasteiger partial charge in [-0.15, -0.1) is 0 Å². The second kappa shape index (κ2) is 5.21. The minimum Gasteiger partial charge on any atom is -0.456 e. The Morgan fingerprint density at radius 3 is 2.58 bits per heavy atom. The first-order valence-electron chi connectivity index (χ1n) is 5.96. The smallest absolute Gasteiger partial charge is 0.377 e. The van der Waals surface area contributed by atoms with Crippen molar-refractivity contribution in [3.63, 3.8) is 0 Å². The number of carbonyl (C=O) groups excluding carboxylic acids is 1. The fourth-order valence-corrected chi connectivity index (χ4v) is 1.94. The highest BCUT2D eigenvalue weighted by Gasteiger charge is 2.50. The summed E-state index contributed by atoms with van der Waals surface area (Å²) in [5.41, 5.74) is 0.831. The normalized spacial score (nSPS) is 23.2. The van der Waals surface area contributed by atoms with Gasteiger partial charge in [0.2, 0.25) is 0 Å². The fraction of sp³-hybridized carbons (Fsp3) is 0.462. The van der Waals surface area contributed by atoms with Crippen LogP contribution in [0.1, 0.15) is 24.9 Å². The Balaban J connectivity index is 1.86. The number of esters is 1. The van der Waals surface area contributed by atoms with Crippen LogP contribution in [0.5, 0.6) is 0 Å². The summed E-state index contributed by atoms with van der Waals surface area (Å²) in [7, 11) is 0. The quantitative estimate of drug-likeness (QED) is 0.856. The standard InChI is InChI=1S/C13H14F3NO2/c1-8(9-2-4-10(14)5-3-9)17-7-11-6-13(15,16)12(18)19-11/h2-5,8,11,17H,6-7H2,1H3/t8-,11?/m0/s1. The Morgan fingerprint density at radius 2 is 2.05 bits per heavy atom. The number of carbonyl (C=O) groups is 1. The van der Waals surface area contributed by atoms with Crippen LogP contribution in [0.15, 0.2) is 24.3 Å². The van der Waals surface area contributed by atoms with Crippen LogP contribution in [-0.2, 0) is 9.53 Å². The van der Waals surface area contributed by atoms with Crippen molar-refractivity contribution in [3.8, 4) is 0 Å². The van der Waals surface area contributed by atoms with Gasteiger partial charge < -0.3 is 10.1 Å². The van der Waals surface area contributed by atoms with Crippen molar-refractivity contribution >= 4 is 5.97 Å². The molecule has 0 spiro atoms. The summed E-state index contributed by atoms with van der Waals surface area (Å²) in [6, 6.07) is 5.74. The van der Waals surface area contributed by atoms with Gasteiger partial charge in [0.05, 0.1) is 6.42 Å². The predicted molar refractivity (Wildman–Crippen MR) is 62.3 cm³/mol. The van der Waals surface area contributed by atoms with E-state index >= 15 is 0 Å². The largest absolute Gasteiger partial charge is 0.456 e. The molecule has 1 aromatic rings. The van der Waals surface area contributed by atoms with E-state index in [0.29, 0.717) is 0 Å². The van der Waals surface area contributed by atoms with Gasteiger partial charge in [0.25, 0.3) is 0 Å². The van der Waals surface area contributed by atoms with Crippen LogP contribution in [0.25, 0.3) is 0 Å². The number of cyclic esters (lactones) is 1. The minimum atomic E-state index is -3.38. The van der Waals surface area contributed by atoms with Gasteiger partial charge in [0.1, 0.15) is 11.9 Å². The van der Waals surface area contributed by atoms with Gasteiger partial charge >= 0.3 is 11.9 Å². The fourth-order valence-electron chi connectivity index (χ4n) is 1.94. The van der Waals surface area contributed by atoms with E-state index < -0.39 is 24.4 Å². The molecule has 0 saturated carbocycles. The number of rotatable bonds is 4. The van der Waals surface area contributed by atoms with Crippen LogP contribution < -0.4 is 5.32 Å². The maximum Gasteiger partial charge on any atom is 0.377 e. The van der Waals surface area contributed by atoms with E-state index in [1.807, 2.05) is 6.92 Å². The first kappa shape index (κ1) is 13.9. The van der Waals surface area contributed by atoms with E-state index in [9.17, 15) is 18.0 Å². The maximum atomic E-state index is 12.9. The lowest BCUT2D eigenvalue weighted by Gasteiger charge is -2.16. The van der Waals surface area contributed by atoms with Gasteiger partial charge in [-0.1, -0.05) is 12.1 Å². The molecule has 2 rings (SSSR count). The third-order valence-electron chi connectivity index (χ3n) is 3.08. The van der Waals surface area contributed by atoms with Crippen LogP contribution in [0.3, 0.4) is 0 Å². The summed E-state index contributed by atoms with van der Waals surface area (Å²) < 4.78 is 43.2. The lowest BCUT2D eigenvalue weighted by Crippen LogP contribution is -2.29. The molecule has 2 atom stereocenters. The predicted octanol–water partition coefficient (Wildman–Crippen LogP) is 2.43. The molecule has 6 heteroatoms. The molecule has 19 heavy (non-hydrogen) atoms. The Labute approximate surface area is 108 Å². The van der Waals surface area contributed by atoms with E-state index in [-0.39, 0.29) is 18.4 Å². The highest BCUT2D eigenvalue weighted by Crippen LogP contribution is 2.30. The van der Waals surface area contributed by atoms with Crippen LogP contribution in [0.4, 0.5) is 13.2 Å². The number of alkyl halides is 2. The summed E-state index contributed by atoms with van der Waals surface area (Å²) in [5, 5.41) is 2.99. The van der Waals surface area contributed by atoms with E-state index in [4.69, 9.17) is 0 Å². The average Bonchev–Trinajstić information content (AvgIpc) is 2.61. The summed E-state index contributed by atoms with van der Waals surface area (Å²) in [4.78, 5) is 10.8. The van der Waals surface area contributed by atoms with Crippen LogP contribution in [0, 0.1) is 5.82 Å². The molecule has 0 aliphatic carbocycles. The highest BCUT2D eigenvalue weighted by molar-refractivity contribution is 5.79. The molecule has 1 heterocycles. The zero-order valence-corrected chi connectivity index (χ0v) is 10.3. The average molecular weight is 273 g/mol. The topological polar surface area (TPSA) is 38.3 Å². The Bertz CT molecular complexity index is 461. The SMILES string of the molecule is C[C@H](NCC1CC(F)(F)C(=O)O1)c1ccc(F)cc1. The number of hydrogen-bond donors (Lipinski definition) is 1. The molecule has 1 aromatic carbocycles. The molecule has 1 fully saturated rings. The molecule has 0 radical (unpaired) electrons. The van der Waals surface area contributed by atoms with E-state index in [0.717, 1.165) is 5.56 Å². The van der Waals surface area contributed by atoms with Gasteiger partial charge in [-0.25, -0.2) is 9.18 Å². The Morgan fingerprint density at radius 1 is 1.42 bits per heavy atom. The molecular formula is C13H14F3NO2. The lowest BCUT2D eigenvalue weighted by atomic mass is 10.1. The van der Waals surface area contributed by atoms with Gasteiger partial charge in [-0.2, -0.15) is 8.78 Å². The van der Waals surface area contributed by atoms with Crippen molar-refractivity contribution in [2.75, 3.05) is 6.54 Å². The van der Waals surface area contributed by atoms with Crippen LogP contribution in [0.2, 0.25) is 0 Å². The summed E-state index contributed by atoms with van der Waals surface area (Å²) in [6.45, 7) is 1.96. The van der Waals surface area contributed by atoms with Crippen molar-refractivity contribution in [3.05, 3.63) is 35.6 Å². The van der Waals surface area contributed by atoms with Crippen LogP contribution >= 0.6 is 0 Å². The molecule has 0 aromatic heterocycles. The van der Waals surface area contributed by atoms with Gasteiger partial charge in [-0.05, 0) is 24.6 Å². The molecule has 104 valence electrons. The second-order valence-corrected chi connectivity index (χ2v) is 4.62. The third kappa shape index (κ3) is 3.26. The van der Waals surface area contributed by atoms with Gasteiger partial charge in [-0.3, -0.25) is 0 Å². The van der Waals surface area contributed by atoms with Gasteiger partial charge in [0.15, 0.2) is 0 Å². The molecule has 1 aliphatic heterocycles. The molecule has 1 N–H and O–H groups in total. The lowest BCUT2D eigenvalue weighted by molar-refractivity contribution is -0.159. The third-order valence-corrected chi connectivity index (χ3v) is 3.08. The molecule has 0 amide bonds. The van der Waals surface area contributed by atoms with E-state index in [1.165, 1.54) is 12.1 Å². The first-order chi connectivity index (χ1) is 8.88. The molecule has 1 aliphatic rings. The van der Waals surface area contributed by atoms with Crippen molar-refractivity contribution in [1.29, 1.82) is 0 Å². The van der Waals surface area contributed by atoms with E-state index in [2.05, 4.69) is 10.1 Å². The van der Waals surface area contributed by atoms with Crippen molar-refractivity contribution in [2.24, 2.45) is 0 Å². The first-order valence-corrected chi connectivity index (χ1v) is 5.96. The van der Waals surface area contributed by atoms with Crippen LogP contribution in [-0.4, -0.2) is 24.5 Å². The zero-order chi connectivity index (χ0) is 14.0. The molecule has 1 saturated heterocycles. The molecular weight excluding hydrogens is 259 g/mol. The highest BCUT2D eigenvalue weighted by atomic mass is 19.3. The zero-order valence-electron chi connectivity index (χ0n) is 10.3. The summed E-state index contributed by atoms with van der Waals surface area (Å²) in [5.74, 6) is -5.18. The number of nitrogens with one attached hydrogen (secondary N) is 1. The minimum absolute atomic E-state index is 0.139. The Hall–Kier alpha value is -1.56. The maximum absolute atomic E-state index is 12.9. The van der Waals surface area contributed by atoms with Crippen molar-refractivity contribution in [2.45, 2.75) is 31.4 Å². The molecule has 1 unspecified atom stereocenters. The van der Waals surface area contributed by atoms with E-state index in [1.54, 1.807) is 12.1 Å². The second-order valence-electron chi connectivity index (χ2n) is 4.62. The monoisotopic (exact) mass is 273 g/mol. The van der Waals surface area contributed by atoms with Gasteiger partial charge in [0, 0.05) is 12.6 Å². The summed E-state index contributed by atoms with van der Waals surface area (Å²) >= 11 is 0. The van der Waals surface area contributed by atoms with Crippen molar-refractivity contribution in [1.82, 2.24) is 5.32 Å². The number of hydrogen-bond acceptors (Lipinski definition) is 3. The Kier molecular flexibility index (Phi) is 3.80. The number of ether oxygens (including phenoxy) is 1. The molecule has 0 bridgehead atoms. The molecule has 3 nitrogen and oxygen atoms in total. The summed E-state index contributed by atoms with van der Waals surface area (Å²) in [6.07, 6.45) is -1.43.